The third-order valence-corrected chi connectivity index (χ3v) is 4.20. The lowest BCUT2D eigenvalue weighted by Gasteiger charge is -2.29. The number of anilines is 1. The van der Waals surface area contributed by atoms with Gasteiger partial charge < -0.3 is 5.32 Å². The van der Waals surface area contributed by atoms with Gasteiger partial charge in [-0.05, 0) is 49.8 Å². The Morgan fingerprint density at radius 2 is 2.06 bits per heavy atom. The maximum atomic E-state index is 8.83. The summed E-state index contributed by atoms with van der Waals surface area (Å²) < 4.78 is 0. The maximum Gasteiger partial charge on any atom is 0.101 e. The molecule has 0 atom stereocenters. The maximum absolute atomic E-state index is 8.83. The largest absolute Gasteiger partial charge is 0.382 e. The van der Waals surface area contributed by atoms with E-state index in [9.17, 15) is 0 Å². The lowest BCUT2D eigenvalue weighted by Crippen LogP contribution is -2.25. The minimum absolute atomic E-state index is 0.532. The molecule has 0 amide bonds. The van der Waals surface area contributed by atoms with Crippen LogP contribution in [0, 0.1) is 17.2 Å². The molecular weight excluding hydrogens is 244 g/mol. The molecule has 1 fully saturated rings. The van der Waals surface area contributed by atoms with Gasteiger partial charge in [-0.15, -0.1) is 0 Å². The summed E-state index contributed by atoms with van der Waals surface area (Å²) in [6.07, 6.45) is 6.40. The molecule has 1 aromatic carbocycles. The van der Waals surface area contributed by atoms with Crippen molar-refractivity contribution in [2.24, 2.45) is 5.92 Å². The van der Waals surface area contributed by atoms with Gasteiger partial charge in [0, 0.05) is 11.7 Å². The molecule has 0 bridgehead atoms. The number of rotatable bonds is 3. The quantitative estimate of drug-likeness (QED) is 0.865. The predicted octanol–water partition coefficient (Wildman–Crippen LogP) is 4.59. The first-order valence-corrected chi connectivity index (χ1v) is 7.07. The molecule has 0 radical (unpaired) electrons. The van der Waals surface area contributed by atoms with Gasteiger partial charge in [0.15, 0.2) is 0 Å². The van der Waals surface area contributed by atoms with E-state index in [1.54, 1.807) is 6.07 Å². The van der Waals surface area contributed by atoms with Gasteiger partial charge in [0.1, 0.15) is 6.07 Å². The molecule has 0 aromatic heterocycles. The Bertz CT molecular complexity index is 442. The normalized spacial score (nSPS) is 23.4. The fourth-order valence-corrected chi connectivity index (χ4v) is 2.87. The Labute approximate surface area is 114 Å². The Morgan fingerprint density at radius 3 is 2.61 bits per heavy atom. The molecule has 1 saturated carbocycles. The number of nitrogens with zero attached hydrogens (tertiary/aromatic N) is 1. The molecule has 1 aromatic rings. The third kappa shape index (κ3) is 3.17. The fourth-order valence-electron chi connectivity index (χ4n) is 2.65. The second-order valence-electron chi connectivity index (χ2n) is 5.08. The first kappa shape index (κ1) is 13.2. The smallest absolute Gasteiger partial charge is 0.101 e. The minimum Gasteiger partial charge on any atom is -0.382 e. The summed E-state index contributed by atoms with van der Waals surface area (Å²) in [4.78, 5) is 0. The number of halogens is 1. The molecule has 0 aliphatic heterocycles. The van der Waals surface area contributed by atoms with Crippen molar-refractivity contribution in [3.05, 3.63) is 28.8 Å². The van der Waals surface area contributed by atoms with Crippen LogP contribution in [0.4, 0.5) is 5.69 Å². The van der Waals surface area contributed by atoms with Gasteiger partial charge >= 0.3 is 0 Å². The molecule has 3 heteroatoms. The summed E-state index contributed by atoms with van der Waals surface area (Å²) >= 11 is 6.03. The molecule has 18 heavy (non-hydrogen) atoms. The van der Waals surface area contributed by atoms with Gasteiger partial charge in [-0.2, -0.15) is 5.26 Å². The first-order chi connectivity index (χ1) is 8.72. The van der Waals surface area contributed by atoms with E-state index < -0.39 is 0 Å². The molecule has 0 heterocycles. The van der Waals surface area contributed by atoms with E-state index in [1.807, 2.05) is 12.1 Å². The number of hydrogen-bond acceptors (Lipinski definition) is 2. The molecule has 2 nitrogen and oxygen atoms in total. The molecule has 0 saturated heterocycles. The zero-order chi connectivity index (χ0) is 13.0. The van der Waals surface area contributed by atoms with Crippen LogP contribution in [0.2, 0.25) is 5.02 Å². The summed E-state index contributed by atoms with van der Waals surface area (Å²) in [5.74, 6) is 0.910. The highest BCUT2D eigenvalue weighted by atomic mass is 35.5. The van der Waals surface area contributed by atoms with Crippen molar-refractivity contribution >= 4 is 17.3 Å². The lowest BCUT2D eigenvalue weighted by atomic mass is 9.84. The van der Waals surface area contributed by atoms with Crippen molar-refractivity contribution in [2.45, 2.75) is 45.1 Å². The topological polar surface area (TPSA) is 35.8 Å². The van der Waals surface area contributed by atoms with Crippen LogP contribution in [0.15, 0.2) is 18.2 Å². The van der Waals surface area contributed by atoms with Crippen LogP contribution in [0.25, 0.3) is 0 Å². The molecule has 1 aliphatic carbocycles. The van der Waals surface area contributed by atoms with E-state index in [0.29, 0.717) is 16.6 Å². The van der Waals surface area contributed by atoms with Gasteiger partial charge in [-0.3, -0.25) is 0 Å². The van der Waals surface area contributed by atoms with E-state index in [1.165, 1.54) is 32.1 Å². The summed E-state index contributed by atoms with van der Waals surface area (Å²) in [5.41, 5.74) is 1.57. The Balaban J connectivity index is 1.94. The second kappa shape index (κ2) is 6.11. The number of nitrogens with one attached hydrogen (secondary N) is 1. The zero-order valence-electron chi connectivity index (χ0n) is 10.7. The van der Waals surface area contributed by atoms with Gasteiger partial charge in [0.2, 0.25) is 0 Å². The summed E-state index contributed by atoms with van der Waals surface area (Å²) in [5, 5.41) is 12.9. The fraction of sp³-hybridized carbons (Fsp3) is 0.533. The number of nitriles is 1. The minimum atomic E-state index is 0.532. The molecule has 0 unspecified atom stereocenters. The molecule has 96 valence electrons. The van der Waals surface area contributed by atoms with Crippen LogP contribution in [-0.2, 0) is 0 Å². The van der Waals surface area contributed by atoms with Crippen molar-refractivity contribution in [3.63, 3.8) is 0 Å². The Hall–Kier alpha value is -1.20. The molecular formula is C15H19ClN2. The Kier molecular flexibility index (Phi) is 4.49. The lowest BCUT2D eigenvalue weighted by molar-refractivity contribution is 0.330. The van der Waals surface area contributed by atoms with E-state index in [-0.39, 0.29) is 0 Å². The van der Waals surface area contributed by atoms with Crippen molar-refractivity contribution in [1.29, 1.82) is 5.26 Å². The molecule has 1 aliphatic rings. The predicted molar refractivity (Wildman–Crippen MR) is 75.8 cm³/mol. The third-order valence-electron chi connectivity index (χ3n) is 3.88. The van der Waals surface area contributed by atoms with Gasteiger partial charge in [-0.1, -0.05) is 24.9 Å². The van der Waals surface area contributed by atoms with Crippen LogP contribution in [0.3, 0.4) is 0 Å². The first-order valence-electron chi connectivity index (χ1n) is 6.69. The van der Waals surface area contributed by atoms with Crippen LogP contribution in [-0.4, -0.2) is 6.04 Å². The van der Waals surface area contributed by atoms with E-state index in [0.717, 1.165) is 11.6 Å². The van der Waals surface area contributed by atoms with Crippen LogP contribution >= 0.6 is 11.6 Å². The monoisotopic (exact) mass is 262 g/mol. The highest BCUT2D eigenvalue weighted by Gasteiger charge is 2.19. The standard InChI is InChI=1S/C15H19ClN2/c1-2-11-3-6-13(7-4-11)18-14-8-5-12(10-17)15(16)9-14/h5,8-9,11,13,18H,2-4,6-7H2,1H3. The van der Waals surface area contributed by atoms with E-state index in [4.69, 9.17) is 16.9 Å². The van der Waals surface area contributed by atoms with Gasteiger partial charge in [0.05, 0.1) is 10.6 Å². The van der Waals surface area contributed by atoms with Crippen molar-refractivity contribution in [2.75, 3.05) is 5.32 Å². The van der Waals surface area contributed by atoms with Crippen molar-refractivity contribution < 1.29 is 0 Å². The van der Waals surface area contributed by atoms with Crippen molar-refractivity contribution in [1.82, 2.24) is 0 Å². The van der Waals surface area contributed by atoms with Crippen LogP contribution in [0.5, 0.6) is 0 Å². The number of benzene rings is 1. The molecule has 2 rings (SSSR count). The number of hydrogen-bond donors (Lipinski definition) is 1. The SMILES string of the molecule is CCC1CCC(Nc2ccc(C#N)c(Cl)c2)CC1. The zero-order valence-corrected chi connectivity index (χ0v) is 11.5. The second-order valence-corrected chi connectivity index (χ2v) is 5.48. The Morgan fingerprint density at radius 1 is 1.33 bits per heavy atom. The van der Waals surface area contributed by atoms with E-state index >= 15 is 0 Å². The van der Waals surface area contributed by atoms with Gasteiger partial charge in [0.25, 0.3) is 0 Å². The molecule has 1 N–H and O–H groups in total. The summed E-state index contributed by atoms with van der Waals surface area (Å²) in [6, 6.07) is 8.21. The van der Waals surface area contributed by atoms with Gasteiger partial charge in [-0.25, -0.2) is 0 Å². The van der Waals surface area contributed by atoms with Crippen LogP contribution < -0.4 is 5.32 Å². The average Bonchev–Trinajstić information content (AvgIpc) is 2.40. The van der Waals surface area contributed by atoms with E-state index in [2.05, 4.69) is 18.3 Å². The molecule has 0 spiro atoms. The summed E-state index contributed by atoms with van der Waals surface area (Å²) in [6.45, 7) is 2.28. The highest BCUT2D eigenvalue weighted by molar-refractivity contribution is 6.32. The van der Waals surface area contributed by atoms with Crippen molar-refractivity contribution in [3.8, 4) is 6.07 Å². The summed E-state index contributed by atoms with van der Waals surface area (Å²) in [7, 11) is 0. The van der Waals surface area contributed by atoms with Crippen LogP contribution in [0.1, 0.15) is 44.6 Å². The average molecular weight is 263 g/mol. The highest BCUT2D eigenvalue weighted by Crippen LogP contribution is 2.29.